The minimum atomic E-state index is -0.308. The first-order valence-electron chi connectivity index (χ1n) is 7.56. The van der Waals surface area contributed by atoms with Crippen molar-refractivity contribution < 1.29 is 14.3 Å². The van der Waals surface area contributed by atoms with Crippen LogP contribution in [0.3, 0.4) is 0 Å². The average molecular weight is 383 g/mol. The van der Waals surface area contributed by atoms with Crippen LogP contribution in [0.25, 0.3) is 0 Å². The highest BCUT2D eigenvalue weighted by Gasteiger charge is 2.15. The van der Waals surface area contributed by atoms with Gasteiger partial charge in [0.25, 0.3) is 0 Å². The number of methoxy groups -OCH3 is 2. The fraction of sp³-hybridized carbons (Fsp3) is 0.438. The minimum absolute atomic E-state index is 0.294. The fourth-order valence-electron chi connectivity index (χ4n) is 1.88. The van der Waals surface area contributed by atoms with E-state index in [0.717, 1.165) is 21.4 Å². The van der Waals surface area contributed by atoms with Crippen LogP contribution in [0.15, 0.2) is 22.5 Å². The number of nitrogens with one attached hydrogen (secondary N) is 2. The molecule has 1 heterocycles. The zero-order valence-corrected chi connectivity index (χ0v) is 16.5. The number of carbonyl (C=O) groups is 1. The number of rotatable bonds is 6. The Labute approximate surface area is 155 Å². The van der Waals surface area contributed by atoms with Crippen LogP contribution in [0.1, 0.15) is 26.3 Å². The van der Waals surface area contributed by atoms with Crippen molar-refractivity contribution in [3.05, 3.63) is 23.8 Å². The summed E-state index contributed by atoms with van der Waals surface area (Å²) in [5, 5.41) is 14.1. The molecule has 0 saturated heterocycles. The summed E-state index contributed by atoms with van der Waals surface area (Å²) in [5.41, 5.74) is 0.744. The number of aromatic nitrogens is 2. The Balaban J connectivity index is 1.94. The molecule has 0 aliphatic heterocycles. The van der Waals surface area contributed by atoms with E-state index in [1.165, 1.54) is 23.1 Å². The van der Waals surface area contributed by atoms with Gasteiger partial charge in [-0.2, -0.15) is 0 Å². The van der Waals surface area contributed by atoms with E-state index in [2.05, 4.69) is 20.8 Å². The first-order valence-corrected chi connectivity index (χ1v) is 9.36. The number of nitrogens with zero attached hydrogens (tertiary/aromatic N) is 2. The second-order valence-electron chi connectivity index (χ2n) is 6.21. The Hall–Kier alpha value is -2.00. The molecule has 7 nitrogen and oxygen atoms in total. The Morgan fingerprint density at radius 1 is 1.16 bits per heavy atom. The van der Waals surface area contributed by atoms with Crippen LogP contribution in [0.2, 0.25) is 0 Å². The highest BCUT2D eigenvalue weighted by molar-refractivity contribution is 8.00. The molecule has 2 N–H and O–H groups in total. The van der Waals surface area contributed by atoms with Gasteiger partial charge in [-0.1, -0.05) is 23.1 Å². The molecule has 136 valence electrons. The molecular formula is C16H22N4O3S2. The molecule has 2 amide bonds. The van der Waals surface area contributed by atoms with Crippen molar-refractivity contribution in [3.63, 3.8) is 0 Å². The van der Waals surface area contributed by atoms with Crippen molar-refractivity contribution >= 4 is 34.3 Å². The summed E-state index contributed by atoms with van der Waals surface area (Å²) in [4.78, 5) is 11.8. The molecular weight excluding hydrogens is 360 g/mol. The van der Waals surface area contributed by atoms with Gasteiger partial charge in [0.05, 0.1) is 14.2 Å². The molecule has 0 spiro atoms. The molecule has 0 fully saturated rings. The molecule has 1 aromatic heterocycles. The average Bonchev–Trinajstić information content (AvgIpc) is 2.98. The van der Waals surface area contributed by atoms with Crippen molar-refractivity contribution in [1.82, 2.24) is 15.5 Å². The number of benzene rings is 1. The molecule has 25 heavy (non-hydrogen) atoms. The monoisotopic (exact) mass is 382 g/mol. The third-order valence-electron chi connectivity index (χ3n) is 2.89. The van der Waals surface area contributed by atoms with E-state index in [4.69, 9.17) is 9.47 Å². The van der Waals surface area contributed by atoms with E-state index < -0.39 is 0 Å². The van der Waals surface area contributed by atoms with Crippen molar-refractivity contribution in [2.24, 2.45) is 0 Å². The number of urea groups is 1. The highest BCUT2D eigenvalue weighted by Crippen LogP contribution is 2.31. The number of thioether (sulfide) groups is 1. The first kappa shape index (κ1) is 19.3. The zero-order chi connectivity index (χ0) is 18.4. The van der Waals surface area contributed by atoms with Gasteiger partial charge in [-0.05, 0) is 38.5 Å². The maximum atomic E-state index is 11.8. The fourth-order valence-corrected chi connectivity index (χ4v) is 3.56. The predicted molar refractivity (Wildman–Crippen MR) is 101 cm³/mol. The van der Waals surface area contributed by atoms with E-state index in [1.807, 2.05) is 39.0 Å². The lowest BCUT2D eigenvalue weighted by Gasteiger charge is -2.19. The Morgan fingerprint density at radius 3 is 2.36 bits per heavy atom. The van der Waals surface area contributed by atoms with Crippen molar-refractivity contribution in [1.29, 1.82) is 0 Å². The van der Waals surface area contributed by atoms with Gasteiger partial charge >= 0.3 is 6.03 Å². The Bertz CT molecular complexity index is 706. The standard InChI is InChI=1S/C16H22N4O3S2/c1-16(2,3)18-13(21)17-14-19-20-15(25-14)24-9-10-6-11(22-4)8-12(7-10)23-5/h6-8H,9H2,1-5H3,(H2,17,18,19,21). The molecule has 0 bridgehead atoms. The molecule has 1 aromatic carbocycles. The van der Waals surface area contributed by atoms with Crippen molar-refractivity contribution in [2.75, 3.05) is 19.5 Å². The first-order chi connectivity index (χ1) is 11.8. The quantitative estimate of drug-likeness (QED) is 0.584. The van der Waals surface area contributed by atoms with Gasteiger partial charge in [-0.25, -0.2) is 4.79 Å². The molecule has 0 unspecified atom stereocenters. The SMILES string of the molecule is COc1cc(CSc2nnc(NC(=O)NC(C)(C)C)s2)cc(OC)c1. The van der Waals surface area contributed by atoms with Crippen LogP contribution in [0.5, 0.6) is 11.5 Å². The molecule has 2 rings (SSSR count). The number of amides is 2. The van der Waals surface area contributed by atoms with Crippen molar-refractivity contribution in [3.8, 4) is 11.5 Å². The lowest BCUT2D eigenvalue weighted by molar-refractivity contribution is 0.244. The minimum Gasteiger partial charge on any atom is -0.497 e. The van der Waals surface area contributed by atoms with Gasteiger partial charge < -0.3 is 14.8 Å². The normalized spacial score (nSPS) is 11.1. The van der Waals surface area contributed by atoms with Crippen LogP contribution < -0.4 is 20.1 Å². The second kappa shape index (κ2) is 8.39. The third kappa shape index (κ3) is 6.43. The molecule has 0 aliphatic carbocycles. The van der Waals surface area contributed by atoms with E-state index >= 15 is 0 Å². The number of anilines is 1. The van der Waals surface area contributed by atoms with Crippen LogP contribution >= 0.6 is 23.1 Å². The summed E-state index contributed by atoms with van der Waals surface area (Å²) in [6, 6.07) is 5.44. The lowest BCUT2D eigenvalue weighted by atomic mass is 10.1. The predicted octanol–water partition coefficient (Wildman–Crippen LogP) is 3.77. The lowest BCUT2D eigenvalue weighted by Crippen LogP contribution is -2.43. The largest absolute Gasteiger partial charge is 0.497 e. The van der Waals surface area contributed by atoms with Crippen molar-refractivity contribution in [2.45, 2.75) is 36.4 Å². The second-order valence-corrected chi connectivity index (χ2v) is 8.41. The molecule has 0 saturated carbocycles. The maximum Gasteiger partial charge on any atom is 0.321 e. The maximum absolute atomic E-state index is 11.8. The number of ether oxygens (including phenoxy) is 2. The van der Waals surface area contributed by atoms with Crippen LogP contribution in [-0.4, -0.2) is 36.0 Å². The molecule has 0 radical (unpaired) electrons. The van der Waals surface area contributed by atoms with Gasteiger partial charge in [0.2, 0.25) is 5.13 Å². The molecule has 0 atom stereocenters. The molecule has 2 aromatic rings. The summed E-state index contributed by atoms with van der Waals surface area (Å²) in [6.45, 7) is 5.74. The van der Waals surface area contributed by atoms with Gasteiger partial charge in [0, 0.05) is 17.4 Å². The van der Waals surface area contributed by atoms with E-state index in [-0.39, 0.29) is 11.6 Å². The van der Waals surface area contributed by atoms with E-state index in [0.29, 0.717) is 10.9 Å². The van der Waals surface area contributed by atoms with Gasteiger partial charge in [-0.15, -0.1) is 10.2 Å². The zero-order valence-electron chi connectivity index (χ0n) is 14.9. The third-order valence-corrected chi connectivity index (χ3v) is 4.93. The smallest absolute Gasteiger partial charge is 0.321 e. The van der Waals surface area contributed by atoms with E-state index in [9.17, 15) is 4.79 Å². The van der Waals surface area contributed by atoms with Gasteiger partial charge in [0.15, 0.2) is 4.34 Å². The van der Waals surface area contributed by atoms with Crippen LogP contribution in [0, 0.1) is 0 Å². The van der Waals surface area contributed by atoms with Crippen LogP contribution in [0.4, 0.5) is 9.93 Å². The topological polar surface area (TPSA) is 85.4 Å². The highest BCUT2D eigenvalue weighted by atomic mass is 32.2. The van der Waals surface area contributed by atoms with E-state index in [1.54, 1.807) is 14.2 Å². The Kier molecular flexibility index (Phi) is 6.49. The number of hydrogen-bond donors (Lipinski definition) is 2. The molecule has 9 heteroatoms. The number of hydrogen-bond acceptors (Lipinski definition) is 7. The summed E-state index contributed by atoms with van der Waals surface area (Å²) in [6.07, 6.45) is 0. The Morgan fingerprint density at radius 2 is 1.80 bits per heavy atom. The summed E-state index contributed by atoms with van der Waals surface area (Å²) >= 11 is 2.87. The molecule has 0 aliphatic rings. The van der Waals surface area contributed by atoms with Gasteiger partial charge in [-0.3, -0.25) is 5.32 Å². The summed E-state index contributed by atoms with van der Waals surface area (Å²) < 4.78 is 11.3. The van der Waals surface area contributed by atoms with Crippen LogP contribution in [-0.2, 0) is 5.75 Å². The number of carbonyl (C=O) groups excluding carboxylic acids is 1. The summed E-state index contributed by atoms with van der Waals surface area (Å²) in [5.74, 6) is 2.18. The van der Waals surface area contributed by atoms with Gasteiger partial charge in [0.1, 0.15) is 11.5 Å². The summed E-state index contributed by atoms with van der Waals surface area (Å²) in [7, 11) is 3.24.